The third-order valence-electron chi connectivity index (χ3n) is 2.81. The summed E-state index contributed by atoms with van der Waals surface area (Å²) in [6.45, 7) is 0. The summed E-state index contributed by atoms with van der Waals surface area (Å²) in [5, 5.41) is 0. The van der Waals surface area contributed by atoms with Gasteiger partial charge in [-0.1, -0.05) is 36.4 Å². The maximum Gasteiger partial charge on any atom is 0.0708 e. The molecule has 0 saturated carbocycles. The summed E-state index contributed by atoms with van der Waals surface area (Å²) in [5.41, 5.74) is 4.16. The van der Waals surface area contributed by atoms with E-state index in [2.05, 4.69) is 22.1 Å². The first kappa shape index (κ1) is 10.7. The topological polar surface area (TPSA) is 25.8 Å². The molecule has 0 radical (unpaired) electrons. The largest absolute Gasteiger partial charge is 0.256 e. The molecule has 2 nitrogen and oxygen atoms in total. The minimum absolute atomic E-state index is 0.971. The van der Waals surface area contributed by atoms with Crippen LogP contribution >= 0.6 is 0 Å². The SMILES string of the molecule is c1ccc(-c2ccccc2-c2ccccn2)nc1. The lowest BCUT2D eigenvalue weighted by Gasteiger charge is -2.07. The molecule has 0 N–H and O–H groups in total. The first-order valence-electron chi connectivity index (χ1n) is 5.87. The van der Waals surface area contributed by atoms with Gasteiger partial charge in [0, 0.05) is 23.5 Å². The van der Waals surface area contributed by atoms with Gasteiger partial charge in [0.15, 0.2) is 0 Å². The fourth-order valence-corrected chi connectivity index (χ4v) is 1.97. The first-order chi connectivity index (χ1) is 8.95. The van der Waals surface area contributed by atoms with E-state index < -0.39 is 0 Å². The van der Waals surface area contributed by atoms with E-state index in [0.717, 1.165) is 22.5 Å². The van der Waals surface area contributed by atoms with Crippen LogP contribution in [0.15, 0.2) is 73.1 Å². The highest BCUT2D eigenvalue weighted by Gasteiger charge is 2.07. The van der Waals surface area contributed by atoms with Crippen molar-refractivity contribution >= 4 is 0 Å². The van der Waals surface area contributed by atoms with Crippen molar-refractivity contribution in [1.82, 2.24) is 9.97 Å². The molecule has 0 spiro atoms. The van der Waals surface area contributed by atoms with Crippen molar-refractivity contribution in [2.75, 3.05) is 0 Å². The zero-order chi connectivity index (χ0) is 12.2. The van der Waals surface area contributed by atoms with Crippen molar-refractivity contribution in [2.24, 2.45) is 0 Å². The molecule has 0 unspecified atom stereocenters. The summed E-state index contributed by atoms with van der Waals surface area (Å²) in [5.74, 6) is 0. The van der Waals surface area contributed by atoms with Gasteiger partial charge >= 0.3 is 0 Å². The Morgan fingerprint density at radius 3 is 1.33 bits per heavy atom. The van der Waals surface area contributed by atoms with Crippen LogP contribution in [-0.2, 0) is 0 Å². The highest BCUT2D eigenvalue weighted by molar-refractivity contribution is 5.79. The lowest BCUT2D eigenvalue weighted by molar-refractivity contribution is 1.30. The second kappa shape index (κ2) is 4.80. The number of hydrogen-bond donors (Lipinski definition) is 0. The Balaban J connectivity index is 2.18. The normalized spacial score (nSPS) is 10.2. The molecule has 86 valence electrons. The molecule has 3 aromatic rings. The number of aromatic nitrogens is 2. The van der Waals surface area contributed by atoms with Crippen LogP contribution in [0.1, 0.15) is 0 Å². The average molecular weight is 232 g/mol. The predicted molar refractivity (Wildman–Crippen MR) is 72.9 cm³/mol. The van der Waals surface area contributed by atoms with Gasteiger partial charge in [0.25, 0.3) is 0 Å². The van der Waals surface area contributed by atoms with Gasteiger partial charge in [0.05, 0.1) is 11.4 Å². The summed E-state index contributed by atoms with van der Waals surface area (Å²) >= 11 is 0. The molecule has 2 aromatic heterocycles. The van der Waals surface area contributed by atoms with Crippen molar-refractivity contribution in [3.63, 3.8) is 0 Å². The van der Waals surface area contributed by atoms with Gasteiger partial charge in [-0.25, -0.2) is 0 Å². The molecule has 0 aliphatic carbocycles. The number of pyridine rings is 2. The van der Waals surface area contributed by atoms with Gasteiger partial charge in [-0.2, -0.15) is 0 Å². The Labute approximate surface area is 106 Å². The van der Waals surface area contributed by atoms with E-state index in [9.17, 15) is 0 Å². The molecule has 0 aliphatic heterocycles. The molecule has 0 bridgehead atoms. The summed E-state index contributed by atoms with van der Waals surface area (Å²) < 4.78 is 0. The Morgan fingerprint density at radius 1 is 0.500 bits per heavy atom. The van der Waals surface area contributed by atoms with Crippen molar-refractivity contribution < 1.29 is 0 Å². The molecule has 0 aliphatic rings. The average Bonchev–Trinajstić information content (AvgIpc) is 2.49. The van der Waals surface area contributed by atoms with Crippen LogP contribution < -0.4 is 0 Å². The Bertz CT molecular complexity index is 575. The third kappa shape index (κ3) is 2.00. The van der Waals surface area contributed by atoms with Crippen molar-refractivity contribution in [3.8, 4) is 22.5 Å². The van der Waals surface area contributed by atoms with Crippen LogP contribution in [-0.4, -0.2) is 9.97 Å². The zero-order valence-corrected chi connectivity index (χ0v) is 9.82. The second-order valence-electron chi connectivity index (χ2n) is 3.98. The minimum Gasteiger partial charge on any atom is -0.256 e. The van der Waals surface area contributed by atoms with Gasteiger partial charge in [-0.15, -0.1) is 0 Å². The fourth-order valence-electron chi connectivity index (χ4n) is 1.97. The van der Waals surface area contributed by atoms with Crippen LogP contribution in [0.3, 0.4) is 0 Å². The Hall–Kier alpha value is -2.48. The Morgan fingerprint density at radius 2 is 0.944 bits per heavy atom. The van der Waals surface area contributed by atoms with Crippen molar-refractivity contribution in [2.45, 2.75) is 0 Å². The number of rotatable bonds is 2. The van der Waals surface area contributed by atoms with E-state index >= 15 is 0 Å². The van der Waals surface area contributed by atoms with Crippen LogP contribution in [0.25, 0.3) is 22.5 Å². The van der Waals surface area contributed by atoms with E-state index in [-0.39, 0.29) is 0 Å². The van der Waals surface area contributed by atoms with Gasteiger partial charge in [0.2, 0.25) is 0 Å². The van der Waals surface area contributed by atoms with E-state index in [1.54, 1.807) is 0 Å². The summed E-state index contributed by atoms with van der Waals surface area (Å²) in [4.78, 5) is 8.81. The molecule has 0 saturated heterocycles. The molecule has 3 rings (SSSR count). The second-order valence-corrected chi connectivity index (χ2v) is 3.98. The van der Waals surface area contributed by atoms with E-state index in [4.69, 9.17) is 0 Å². The van der Waals surface area contributed by atoms with Gasteiger partial charge < -0.3 is 0 Å². The lowest BCUT2D eigenvalue weighted by Crippen LogP contribution is -1.88. The third-order valence-corrected chi connectivity index (χ3v) is 2.81. The first-order valence-corrected chi connectivity index (χ1v) is 5.87. The maximum atomic E-state index is 4.41. The summed E-state index contributed by atoms with van der Waals surface area (Å²) in [7, 11) is 0. The molecule has 2 heteroatoms. The zero-order valence-electron chi connectivity index (χ0n) is 9.82. The lowest BCUT2D eigenvalue weighted by atomic mass is 10.0. The molecule has 0 amide bonds. The van der Waals surface area contributed by atoms with Gasteiger partial charge in [-0.3, -0.25) is 9.97 Å². The van der Waals surface area contributed by atoms with E-state index in [1.165, 1.54) is 0 Å². The summed E-state index contributed by atoms with van der Waals surface area (Å²) in [6, 6.07) is 20.1. The van der Waals surface area contributed by atoms with Crippen LogP contribution in [0.2, 0.25) is 0 Å². The van der Waals surface area contributed by atoms with Gasteiger partial charge in [-0.05, 0) is 24.3 Å². The number of hydrogen-bond acceptors (Lipinski definition) is 2. The summed E-state index contributed by atoms with van der Waals surface area (Å²) in [6.07, 6.45) is 3.62. The van der Waals surface area contributed by atoms with E-state index in [1.807, 2.05) is 60.9 Å². The molecule has 0 fully saturated rings. The predicted octanol–water partition coefficient (Wildman–Crippen LogP) is 3.81. The highest BCUT2D eigenvalue weighted by atomic mass is 14.7. The standard InChI is InChI=1S/C16H12N2/c1-2-8-14(16-10-4-6-12-18-16)13(7-1)15-9-3-5-11-17-15/h1-12H. The fraction of sp³-hybridized carbons (Fsp3) is 0. The molecule has 18 heavy (non-hydrogen) atoms. The molecular formula is C16H12N2. The van der Waals surface area contributed by atoms with Crippen LogP contribution in [0.5, 0.6) is 0 Å². The smallest absolute Gasteiger partial charge is 0.0708 e. The van der Waals surface area contributed by atoms with Gasteiger partial charge in [0.1, 0.15) is 0 Å². The monoisotopic (exact) mass is 232 g/mol. The quantitative estimate of drug-likeness (QED) is 0.671. The molecule has 2 heterocycles. The number of nitrogens with zero attached hydrogens (tertiary/aromatic N) is 2. The van der Waals surface area contributed by atoms with Crippen molar-refractivity contribution in [3.05, 3.63) is 73.1 Å². The molecular weight excluding hydrogens is 220 g/mol. The van der Waals surface area contributed by atoms with Crippen molar-refractivity contribution in [1.29, 1.82) is 0 Å². The molecule has 1 aromatic carbocycles. The van der Waals surface area contributed by atoms with Crippen LogP contribution in [0.4, 0.5) is 0 Å². The van der Waals surface area contributed by atoms with E-state index in [0.29, 0.717) is 0 Å². The van der Waals surface area contributed by atoms with Crippen LogP contribution in [0, 0.1) is 0 Å². The minimum atomic E-state index is 0.971. The maximum absolute atomic E-state index is 4.41. The molecule has 0 atom stereocenters. The highest BCUT2D eigenvalue weighted by Crippen LogP contribution is 2.28. The number of benzene rings is 1. The Kier molecular flexibility index (Phi) is 2.84.